The van der Waals surface area contributed by atoms with E-state index in [1.54, 1.807) is 11.3 Å². The van der Waals surface area contributed by atoms with Crippen LogP contribution in [0.3, 0.4) is 0 Å². The molecular formula is C19H21N5O2S2. The molecule has 0 aliphatic carbocycles. The molecule has 0 spiro atoms. The lowest BCUT2D eigenvalue weighted by molar-refractivity contribution is -0.121. The summed E-state index contributed by atoms with van der Waals surface area (Å²) in [6.45, 7) is 4.28. The molecule has 9 heteroatoms. The molecule has 0 radical (unpaired) electrons. The van der Waals surface area contributed by atoms with Gasteiger partial charge in [-0.1, -0.05) is 31.1 Å². The third-order valence-electron chi connectivity index (χ3n) is 3.96. The second-order valence-corrected chi connectivity index (χ2v) is 7.62. The van der Waals surface area contributed by atoms with Crippen molar-refractivity contribution in [3.05, 3.63) is 52.5 Å². The Labute approximate surface area is 172 Å². The predicted octanol–water partition coefficient (Wildman–Crippen LogP) is 3.87. The van der Waals surface area contributed by atoms with Gasteiger partial charge < -0.3 is 9.84 Å². The van der Waals surface area contributed by atoms with Crippen LogP contribution in [0.15, 0.2) is 45.6 Å². The first-order chi connectivity index (χ1) is 13.5. The van der Waals surface area contributed by atoms with Gasteiger partial charge in [-0.05, 0) is 47.3 Å². The number of hydrazine groups is 1. The van der Waals surface area contributed by atoms with Crippen molar-refractivity contribution >= 4 is 40.3 Å². The molecule has 0 unspecified atom stereocenters. The highest BCUT2D eigenvalue weighted by atomic mass is 32.1. The fourth-order valence-electron chi connectivity index (χ4n) is 2.39. The number of nitrogens with zero attached hydrogens (tertiary/aromatic N) is 2. The topological polar surface area (TPSA) is 92.1 Å². The standard InChI is InChI=1S/C19H21N5O2S2/c1-12(2)13-3-5-15(6-4-13)20-19(27)23-22-16(25)7-8-17-21-18(24-26-17)14-9-10-28-11-14/h3-6,9-12H,7-8H2,1-2H3,(H,22,25)(H2,20,23,27). The molecule has 7 nitrogen and oxygen atoms in total. The average molecular weight is 416 g/mol. The lowest BCUT2D eigenvalue weighted by Gasteiger charge is -2.12. The van der Waals surface area contributed by atoms with Crippen LogP contribution in [0.25, 0.3) is 11.4 Å². The maximum atomic E-state index is 12.0. The maximum Gasteiger partial charge on any atom is 0.238 e. The second-order valence-electron chi connectivity index (χ2n) is 6.43. The van der Waals surface area contributed by atoms with E-state index in [1.807, 2.05) is 41.1 Å². The molecule has 2 aromatic heterocycles. The highest BCUT2D eigenvalue weighted by Gasteiger charge is 2.11. The van der Waals surface area contributed by atoms with Crippen LogP contribution in [-0.2, 0) is 11.2 Å². The Hall–Kier alpha value is -2.78. The molecule has 3 N–H and O–H groups in total. The van der Waals surface area contributed by atoms with Crippen LogP contribution in [0.1, 0.15) is 37.6 Å². The molecule has 1 amide bonds. The zero-order valence-corrected chi connectivity index (χ0v) is 17.2. The third kappa shape index (κ3) is 5.61. The van der Waals surface area contributed by atoms with E-state index in [4.69, 9.17) is 16.7 Å². The van der Waals surface area contributed by atoms with Crippen molar-refractivity contribution < 1.29 is 9.32 Å². The molecule has 0 bridgehead atoms. The van der Waals surface area contributed by atoms with Gasteiger partial charge in [-0.2, -0.15) is 16.3 Å². The molecule has 28 heavy (non-hydrogen) atoms. The number of anilines is 1. The summed E-state index contributed by atoms with van der Waals surface area (Å²) >= 11 is 6.75. The predicted molar refractivity (Wildman–Crippen MR) is 114 cm³/mol. The Morgan fingerprint density at radius 3 is 2.68 bits per heavy atom. The van der Waals surface area contributed by atoms with E-state index >= 15 is 0 Å². The molecule has 1 aromatic carbocycles. The number of carbonyl (C=O) groups is 1. The van der Waals surface area contributed by atoms with Gasteiger partial charge in [-0.15, -0.1) is 0 Å². The zero-order chi connectivity index (χ0) is 19.9. The molecule has 3 rings (SSSR count). The van der Waals surface area contributed by atoms with Crippen molar-refractivity contribution in [2.24, 2.45) is 0 Å². The third-order valence-corrected chi connectivity index (χ3v) is 4.85. The molecule has 3 aromatic rings. The molecule has 0 fully saturated rings. The molecule has 0 saturated carbocycles. The fraction of sp³-hybridized carbons (Fsp3) is 0.263. The number of benzene rings is 1. The Morgan fingerprint density at radius 1 is 1.21 bits per heavy atom. The number of aryl methyl sites for hydroxylation is 1. The fourth-order valence-corrected chi connectivity index (χ4v) is 3.19. The van der Waals surface area contributed by atoms with E-state index in [9.17, 15) is 4.79 Å². The summed E-state index contributed by atoms with van der Waals surface area (Å²) in [6, 6.07) is 9.91. The largest absolute Gasteiger partial charge is 0.339 e. The van der Waals surface area contributed by atoms with Crippen LogP contribution in [0, 0.1) is 0 Å². The molecule has 146 valence electrons. The summed E-state index contributed by atoms with van der Waals surface area (Å²) in [5.41, 5.74) is 8.25. The first kappa shape index (κ1) is 20.0. The summed E-state index contributed by atoms with van der Waals surface area (Å²) in [6.07, 6.45) is 0.547. The average Bonchev–Trinajstić information content (AvgIpc) is 3.36. The minimum atomic E-state index is -0.227. The number of hydrogen-bond donors (Lipinski definition) is 3. The highest BCUT2D eigenvalue weighted by Crippen LogP contribution is 2.19. The summed E-state index contributed by atoms with van der Waals surface area (Å²) < 4.78 is 5.17. The van der Waals surface area contributed by atoms with Crippen molar-refractivity contribution in [2.45, 2.75) is 32.6 Å². The SMILES string of the molecule is CC(C)c1ccc(NC(=S)NNC(=O)CCc2nc(-c3ccsc3)no2)cc1. The Kier molecular flexibility index (Phi) is 6.72. The van der Waals surface area contributed by atoms with Gasteiger partial charge in [0.2, 0.25) is 17.6 Å². The van der Waals surface area contributed by atoms with Gasteiger partial charge in [0.1, 0.15) is 0 Å². The van der Waals surface area contributed by atoms with Crippen LogP contribution in [0.2, 0.25) is 0 Å². The van der Waals surface area contributed by atoms with Gasteiger partial charge in [0, 0.05) is 29.5 Å². The highest BCUT2D eigenvalue weighted by molar-refractivity contribution is 7.80. The number of rotatable bonds is 6. The number of aromatic nitrogens is 2. The second kappa shape index (κ2) is 9.43. The molecule has 0 saturated heterocycles. The van der Waals surface area contributed by atoms with Crippen LogP contribution in [0.4, 0.5) is 5.69 Å². The van der Waals surface area contributed by atoms with Gasteiger partial charge in [0.15, 0.2) is 5.11 Å². The molecule has 0 atom stereocenters. The summed E-state index contributed by atoms with van der Waals surface area (Å²) in [7, 11) is 0. The van der Waals surface area contributed by atoms with E-state index in [2.05, 4.69) is 40.2 Å². The molecule has 0 aliphatic rings. The number of hydrogen-bond acceptors (Lipinski definition) is 6. The first-order valence-corrected chi connectivity index (χ1v) is 10.2. The van der Waals surface area contributed by atoms with Crippen molar-refractivity contribution in [1.29, 1.82) is 0 Å². The number of thiocarbonyl (C=S) groups is 1. The van der Waals surface area contributed by atoms with Crippen molar-refractivity contribution in [3.8, 4) is 11.4 Å². The minimum absolute atomic E-state index is 0.198. The lowest BCUT2D eigenvalue weighted by atomic mass is 10.0. The number of carbonyl (C=O) groups excluding carboxylic acids is 1. The molecule has 2 heterocycles. The maximum absolute atomic E-state index is 12.0. The van der Waals surface area contributed by atoms with Gasteiger partial charge in [0.05, 0.1) is 0 Å². The van der Waals surface area contributed by atoms with Gasteiger partial charge >= 0.3 is 0 Å². The summed E-state index contributed by atoms with van der Waals surface area (Å²) in [5.74, 6) is 1.19. The van der Waals surface area contributed by atoms with Crippen molar-refractivity contribution in [2.75, 3.05) is 5.32 Å². The van der Waals surface area contributed by atoms with E-state index in [0.29, 0.717) is 29.2 Å². The Bertz CT molecular complexity index is 920. The summed E-state index contributed by atoms with van der Waals surface area (Å²) in [4.78, 5) is 16.3. The van der Waals surface area contributed by atoms with Crippen molar-refractivity contribution in [1.82, 2.24) is 21.0 Å². The Balaban J connectivity index is 1.39. The number of nitrogens with one attached hydrogen (secondary N) is 3. The lowest BCUT2D eigenvalue weighted by Crippen LogP contribution is -2.43. The summed E-state index contributed by atoms with van der Waals surface area (Å²) in [5, 5.41) is 11.1. The quantitative estimate of drug-likeness (QED) is 0.416. The van der Waals surface area contributed by atoms with Gasteiger partial charge in [-0.25, -0.2) is 0 Å². The van der Waals surface area contributed by atoms with Crippen LogP contribution >= 0.6 is 23.6 Å². The minimum Gasteiger partial charge on any atom is -0.339 e. The van der Waals surface area contributed by atoms with Crippen molar-refractivity contribution in [3.63, 3.8) is 0 Å². The monoisotopic (exact) mass is 415 g/mol. The number of thiophene rings is 1. The van der Waals surface area contributed by atoms with Gasteiger partial charge in [-0.3, -0.25) is 15.6 Å². The Morgan fingerprint density at radius 2 is 2.00 bits per heavy atom. The number of amides is 1. The van der Waals surface area contributed by atoms with E-state index in [0.717, 1.165) is 11.3 Å². The van der Waals surface area contributed by atoms with E-state index in [1.165, 1.54) is 5.56 Å². The normalized spacial score (nSPS) is 10.7. The smallest absolute Gasteiger partial charge is 0.238 e. The van der Waals surface area contributed by atoms with Crippen LogP contribution in [-0.4, -0.2) is 21.2 Å². The zero-order valence-electron chi connectivity index (χ0n) is 15.6. The van der Waals surface area contributed by atoms with Crippen LogP contribution in [0.5, 0.6) is 0 Å². The molecule has 0 aliphatic heterocycles. The van der Waals surface area contributed by atoms with Gasteiger partial charge in [0.25, 0.3) is 0 Å². The van der Waals surface area contributed by atoms with Crippen LogP contribution < -0.4 is 16.2 Å². The molecular weight excluding hydrogens is 394 g/mol. The van der Waals surface area contributed by atoms with E-state index < -0.39 is 0 Å². The van der Waals surface area contributed by atoms with E-state index in [-0.39, 0.29) is 12.3 Å². The first-order valence-electron chi connectivity index (χ1n) is 8.82.